The molecule has 38 heavy (non-hydrogen) atoms. The molecule has 2 heterocycles. The van der Waals surface area contributed by atoms with Crippen LogP contribution in [0, 0.1) is 23.7 Å². The second-order valence-electron chi connectivity index (χ2n) is 12.4. The lowest BCUT2D eigenvalue weighted by Gasteiger charge is -2.44. The average molecular weight is 541 g/mol. The summed E-state index contributed by atoms with van der Waals surface area (Å²) in [5, 5.41) is 0. The van der Waals surface area contributed by atoms with Crippen LogP contribution in [0.2, 0.25) is 0 Å². The first kappa shape index (κ1) is 27.5. The molecule has 0 N–H and O–H groups in total. The minimum atomic E-state index is -4.86. The van der Waals surface area contributed by atoms with E-state index in [0.29, 0.717) is 29.5 Å². The van der Waals surface area contributed by atoms with Crippen molar-refractivity contribution in [3.05, 3.63) is 70.8 Å². The number of hydrogen-bond acceptors (Lipinski definition) is 1. The van der Waals surface area contributed by atoms with Crippen LogP contribution in [0.4, 0.5) is 26.3 Å². The highest BCUT2D eigenvalue weighted by molar-refractivity contribution is 5.34. The summed E-state index contributed by atoms with van der Waals surface area (Å²) in [6.07, 6.45) is -7.76. The molecular formula is C30H36F6NO+. The molecule has 0 amide bonds. The van der Waals surface area contributed by atoms with Crippen LogP contribution < -0.4 is 0 Å². The lowest BCUT2D eigenvalue weighted by atomic mass is 9.72. The molecule has 2 nitrogen and oxygen atoms in total. The molecule has 2 aromatic rings. The fraction of sp³-hybridized carbons (Fsp3) is 0.600. The van der Waals surface area contributed by atoms with E-state index in [0.717, 1.165) is 37.1 Å². The van der Waals surface area contributed by atoms with Gasteiger partial charge in [0, 0.05) is 23.3 Å². The van der Waals surface area contributed by atoms with Gasteiger partial charge in [-0.15, -0.1) is 0 Å². The molecule has 0 unspecified atom stereocenters. The van der Waals surface area contributed by atoms with Crippen molar-refractivity contribution >= 4 is 0 Å². The Morgan fingerprint density at radius 1 is 0.921 bits per heavy atom. The van der Waals surface area contributed by atoms with Crippen molar-refractivity contribution in [2.75, 3.05) is 13.1 Å². The summed E-state index contributed by atoms with van der Waals surface area (Å²) in [4.78, 5) is 0. The molecule has 0 bridgehead atoms. The lowest BCUT2D eigenvalue weighted by molar-refractivity contribution is -0.968. The van der Waals surface area contributed by atoms with Gasteiger partial charge < -0.3 is 9.22 Å². The Bertz CT molecular complexity index is 1150. The summed E-state index contributed by atoms with van der Waals surface area (Å²) < 4.78 is 89.4. The third-order valence-corrected chi connectivity index (χ3v) is 10.2. The minimum Gasteiger partial charge on any atom is -0.364 e. The third kappa shape index (κ3) is 4.17. The maximum Gasteiger partial charge on any atom is 0.416 e. The van der Waals surface area contributed by atoms with Gasteiger partial charge in [0.2, 0.25) is 0 Å². The summed E-state index contributed by atoms with van der Waals surface area (Å²) in [5.41, 5.74) is -2.15. The molecule has 0 radical (unpaired) electrons. The maximum atomic E-state index is 13.7. The normalized spacial score (nSPS) is 34.8. The number of rotatable bonds is 6. The summed E-state index contributed by atoms with van der Waals surface area (Å²) in [5.74, 6) is 0.981. The van der Waals surface area contributed by atoms with Gasteiger partial charge in [0.25, 0.3) is 0 Å². The molecule has 0 aromatic heterocycles. The topological polar surface area (TPSA) is 9.23 Å². The predicted octanol–water partition coefficient (Wildman–Crippen LogP) is 8.10. The first-order valence-corrected chi connectivity index (χ1v) is 13.4. The van der Waals surface area contributed by atoms with Gasteiger partial charge in [0.15, 0.2) is 0 Å². The number of halogens is 6. The van der Waals surface area contributed by atoms with Crippen molar-refractivity contribution in [1.82, 2.24) is 0 Å². The van der Waals surface area contributed by atoms with Gasteiger partial charge in [-0.3, -0.25) is 0 Å². The van der Waals surface area contributed by atoms with Gasteiger partial charge in [-0.2, -0.15) is 26.3 Å². The van der Waals surface area contributed by atoms with Gasteiger partial charge in [0.1, 0.15) is 24.2 Å². The van der Waals surface area contributed by atoms with Crippen molar-refractivity contribution in [3.63, 3.8) is 0 Å². The van der Waals surface area contributed by atoms with Gasteiger partial charge in [-0.1, -0.05) is 51.1 Å². The van der Waals surface area contributed by atoms with Gasteiger partial charge in [-0.05, 0) is 49.4 Å². The van der Waals surface area contributed by atoms with Gasteiger partial charge >= 0.3 is 12.4 Å². The highest BCUT2D eigenvalue weighted by Crippen LogP contribution is 2.67. The molecule has 5 rings (SSSR count). The fourth-order valence-corrected chi connectivity index (χ4v) is 8.60. The molecule has 2 saturated heterocycles. The number of nitrogens with zero attached hydrogens (tertiary/aromatic N) is 1. The zero-order chi connectivity index (χ0) is 27.7. The molecule has 208 valence electrons. The number of quaternary nitrogens is 1. The van der Waals surface area contributed by atoms with E-state index in [1.165, 1.54) is 0 Å². The maximum absolute atomic E-state index is 13.7. The lowest BCUT2D eigenvalue weighted by Crippen LogP contribution is -2.57. The standard InChI is InChI=1S/C30H36F6NO/c1-19(2)28(38-17-21-8-6-5-7-9-21)18-37(15-20(3)25-10-11-26(28)27(25,37)4)16-22-12-23(29(31,32)33)14-24(13-22)30(34,35)36/h5-9,12-14,19-20,25-26H,10-11,15-18H2,1-4H3/q+1/t20-,25+,26+,27-,28+,37-/m1/s1. The smallest absolute Gasteiger partial charge is 0.364 e. The van der Waals surface area contributed by atoms with Crippen LogP contribution in [0.25, 0.3) is 0 Å². The minimum absolute atomic E-state index is 0.0921. The van der Waals surface area contributed by atoms with E-state index in [4.69, 9.17) is 4.74 Å². The van der Waals surface area contributed by atoms with Crippen molar-refractivity contribution in [2.45, 2.75) is 77.2 Å². The second-order valence-corrected chi connectivity index (χ2v) is 12.4. The molecule has 3 fully saturated rings. The van der Waals surface area contributed by atoms with Crippen molar-refractivity contribution < 1.29 is 35.6 Å². The molecule has 6 atom stereocenters. The molecule has 2 aliphatic heterocycles. The van der Waals surface area contributed by atoms with Crippen molar-refractivity contribution in [1.29, 1.82) is 0 Å². The van der Waals surface area contributed by atoms with Crippen LogP contribution in [0.5, 0.6) is 0 Å². The van der Waals surface area contributed by atoms with Gasteiger partial charge in [-0.25, -0.2) is 0 Å². The van der Waals surface area contributed by atoms with E-state index in [2.05, 4.69) is 27.7 Å². The monoisotopic (exact) mass is 540 g/mol. The first-order valence-electron chi connectivity index (χ1n) is 13.4. The van der Waals surface area contributed by atoms with Crippen LogP contribution in [0.15, 0.2) is 48.5 Å². The number of hydrogen-bond donors (Lipinski definition) is 0. The van der Waals surface area contributed by atoms with Crippen LogP contribution in [0.1, 0.15) is 62.8 Å². The Balaban J connectivity index is 1.59. The SMILES string of the molecule is CC(C)[C@@]1(OCc2ccccc2)C[N@+]2(Cc3cc(C(F)(F)F)cc(C(F)(F)F)c3)C[C@@H](C)[C@@H]3CC[C@H]1[C@@]32C. The molecule has 1 saturated carbocycles. The van der Waals surface area contributed by atoms with Gasteiger partial charge in [0.05, 0.1) is 24.3 Å². The highest BCUT2D eigenvalue weighted by Gasteiger charge is 2.78. The fourth-order valence-electron chi connectivity index (χ4n) is 8.60. The quantitative estimate of drug-likeness (QED) is 0.266. The zero-order valence-electron chi connectivity index (χ0n) is 22.3. The molecule has 2 aromatic carbocycles. The molecule has 3 aliphatic rings. The Hall–Kier alpha value is -2.06. The summed E-state index contributed by atoms with van der Waals surface area (Å²) in [6, 6.07) is 12.0. The Morgan fingerprint density at radius 2 is 1.53 bits per heavy atom. The number of ether oxygens (including phenoxy) is 1. The van der Waals surface area contributed by atoms with Crippen LogP contribution >= 0.6 is 0 Å². The van der Waals surface area contributed by atoms with Crippen molar-refractivity contribution in [2.24, 2.45) is 23.7 Å². The molecular weight excluding hydrogens is 504 g/mol. The summed E-state index contributed by atoms with van der Waals surface area (Å²) in [6.45, 7) is 10.5. The van der Waals surface area contributed by atoms with Crippen LogP contribution in [-0.4, -0.2) is 28.7 Å². The molecule has 0 spiro atoms. The van der Waals surface area contributed by atoms with E-state index >= 15 is 0 Å². The zero-order valence-corrected chi connectivity index (χ0v) is 22.3. The van der Waals surface area contributed by atoms with E-state index in [-0.39, 0.29) is 35.5 Å². The summed E-state index contributed by atoms with van der Waals surface area (Å²) >= 11 is 0. The Morgan fingerprint density at radius 3 is 2.08 bits per heavy atom. The van der Waals surface area contributed by atoms with Crippen LogP contribution in [-0.2, 0) is 30.2 Å². The van der Waals surface area contributed by atoms with E-state index in [1.807, 2.05) is 30.3 Å². The second kappa shape index (κ2) is 8.98. The molecule has 1 aliphatic carbocycles. The Kier molecular flexibility index (Phi) is 6.50. The predicted molar refractivity (Wildman–Crippen MR) is 133 cm³/mol. The number of benzene rings is 2. The first-order chi connectivity index (χ1) is 17.6. The third-order valence-electron chi connectivity index (χ3n) is 10.2. The Labute approximate surface area is 220 Å². The largest absolute Gasteiger partial charge is 0.416 e. The summed E-state index contributed by atoms with van der Waals surface area (Å²) in [7, 11) is 0. The number of alkyl halides is 6. The van der Waals surface area contributed by atoms with E-state index < -0.39 is 29.1 Å². The van der Waals surface area contributed by atoms with Crippen molar-refractivity contribution in [3.8, 4) is 0 Å². The van der Waals surface area contributed by atoms with E-state index in [9.17, 15) is 26.3 Å². The van der Waals surface area contributed by atoms with Crippen LogP contribution in [0.3, 0.4) is 0 Å². The average Bonchev–Trinajstić information content (AvgIpc) is 3.36. The van der Waals surface area contributed by atoms with E-state index in [1.54, 1.807) is 0 Å². The highest BCUT2D eigenvalue weighted by atomic mass is 19.4. The molecule has 8 heteroatoms.